The van der Waals surface area contributed by atoms with Gasteiger partial charge in [-0.3, -0.25) is 10.2 Å². The van der Waals surface area contributed by atoms with Gasteiger partial charge >= 0.3 is 0 Å². The standard InChI is InChI=1S/C16H14ClN3OS/c17-13-5-3-4-12(8-13)9-22-10-16(21)19-20-11-18-14-6-1-2-7-15(14)20/h1-8,11H,9-10H2,(H,19,21). The molecule has 3 rings (SSSR count). The van der Waals surface area contributed by atoms with E-state index in [0.29, 0.717) is 10.8 Å². The summed E-state index contributed by atoms with van der Waals surface area (Å²) in [5, 5.41) is 0.715. The first-order chi connectivity index (χ1) is 10.7. The third-order valence-electron chi connectivity index (χ3n) is 3.09. The lowest BCUT2D eigenvalue weighted by Crippen LogP contribution is -2.23. The van der Waals surface area contributed by atoms with Gasteiger partial charge in [0.05, 0.1) is 16.8 Å². The van der Waals surface area contributed by atoms with Crippen molar-refractivity contribution in [3.05, 3.63) is 65.4 Å². The molecule has 0 aliphatic rings. The number of hydrogen-bond donors (Lipinski definition) is 1. The van der Waals surface area contributed by atoms with Gasteiger partial charge in [-0.2, -0.15) is 0 Å². The molecule has 0 saturated heterocycles. The van der Waals surface area contributed by atoms with Crippen LogP contribution in [0.5, 0.6) is 0 Å². The molecule has 1 N–H and O–H groups in total. The van der Waals surface area contributed by atoms with Crippen LogP contribution >= 0.6 is 23.4 Å². The highest BCUT2D eigenvalue weighted by atomic mass is 35.5. The summed E-state index contributed by atoms with van der Waals surface area (Å²) in [6, 6.07) is 15.3. The quantitative estimate of drug-likeness (QED) is 0.775. The molecule has 4 nitrogen and oxygen atoms in total. The Morgan fingerprint density at radius 1 is 1.23 bits per heavy atom. The number of fused-ring (bicyclic) bond motifs is 1. The van der Waals surface area contributed by atoms with E-state index < -0.39 is 0 Å². The number of amides is 1. The number of hydrogen-bond acceptors (Lipinski definition) is 3. The highest BCUT2D eigenvalue weighted by Crippen LogP contribution is 2.16. The van der Waals surface area contributed by atoms with E-state index in [1.165, 1.54) is 0 Å². The molecule has 1 aromatic heterocycles. The van der Waals surface area contributed by atoms with E-state index in [0.717, 1.165) is 22.3 Å². The Bertz CT molecular complexity index is 803. The van der Waals surface area contributed by atoms with Crippen molar-refractivity contribution >= 4 is 40.3 Å². The number of thioether (sulfide) groups is 1. The highest BCUT2D eigenvalue weighted by molar-refractivity contribution is 7.99. The summed E-state index contributed by atoms with van der Waals surface area (Å²) in [5.41, 5.74) is 5.68. The topological polar surface area (TPSA) is 46.9 Å². The monoisotopic (exact) mass is 331 g/mol. The molecular formula is C16H14ClN3OS. The number of carbonyl (C=O) groups excluding carboxylic acids is 1. The Labute approximate surface area is 137 Å². The molecule has 0 radical (unpaired) electrons. The molecule has 0 saturated carbocycles. The number of rotatable bonds is 5. The van der Waals surface area contributed by atoms with E-state index in [1.807, 2.05) is 48.5 Å². The van der Waals surface area contributed by atoms with Crippen molar-refractivity contribution < 1.29 is 4.79 Å². The van der Waals surface area contributed by atoms with Gasteiger partial charge in [0.15, 0.2) is 0 Å². The van der Waals surface area contributed by atoms with Gasteiger partial charge in [-0.05, 0) is 29.8 Å². The summed E-state index contributed by atoms with van der Waals surface area (Å²) in [5.74, 6) is 1.06. The van der Waals surface area contributed by atoms with Crippen molar-refractivity contribution in [1.29, 1.82) is 0 Å². The molecule has 1 heterocycles. The SMILES string of the molecule is O=C(CSCc1cccc(Cl)c1)Nn1cnc2ccccc21. The van der Waals surface area contributed by atoms with Crippen LogP contribution in [0.25, 0.3) is 11.0 Å². The summed E-state index contributed by atoms with van der Waals surface area (Å²) in [6.07, 6.45) is 1.62. The lowest BCUT2D eigenvalue weighted by molar-refractivity contribution is -0.114. The van der Waals surface area contributed by atoms with Gasteiger partial charge in [-0.1, -0.05) is 35.9 Å². The zero-order valence-corrected chi connectivity index (χ0v) is 13.3. The van der Waals surface area contributed by atoms with Gasteiger partial charge < -0.3 is 0 Å². The second-order valence-corrected chi connectivity index (χ2v) is 6.18. The van der Waals surface area contributed by atoms with E-state index in [2.05, 4.69) is 10.4 Å². The van der Waals surface area contributed by atoms with Crippen molar-refractivity contribution in [1.82, 2.24) is 9.66 Å². The average molecular weight is 332 g/mol. The second kappa shape index (κ2) is 6.85. The molecule has 2 aromatic carbocycles. The maximum atomic E-state index is 12.0. The van der Waals surface area contributed by atoms with E-state index >= 15 is 0 Å². The van der Waals surface area contributed by atoms with Crippen molar-refractivity contribution in [3.8, 4) is 0 Å². The number of para-hydroxylation sites is 2. The first-order valence-corrected chi connectivity index (χ1v) is 8.30. The minimum Gasteiger partial charge on any atom is -0.272 e. The minimum absolute atomic E-state index is 0.0600. The molecule has 1 amide bonds. The molecule has 0 atom stereocenters. The molecule has 112 valence electrons. The van der Waals surface area contributed by atoms with Gasteiger partial charge in [0.25, 0.3) is 0 Å². The van der Waals surface area contributed by atoms with E-state index in [-0.39, 0.29) is 5.91 Å². The highest BCUT2D eigenvalue weighted by Gasteiger charge is 2.06. The Hall–Kier alpha value is -1.98. The molecular weight excluding hydrogens is 318 g/mol. The summed E-state index contributed by atoms with van der Waals surface area (Å²) in [4.78, 5) is 16.2. The van der Waals surface area contributed by atoms with Crippen LogP contribution in [-0.2, 0) is 10.5 Å². The molecule has 0 fully saturated rings. The molecule has 0 bridgehead atoms. The maximum absolute atomic E-state index is 12.0. The van der Waals surface area contributed by atoms with Crippen LogP contribution in [0.15, 0.2) is 54.9 Å². The van der Waals surface area contributed by atoms with Gasteiger partial charge in [0, 0.05) is 10.8 Å². The third kappa shape index (κ3) is 3.61. The lowest BCUT2D eigenvalue weighted by Gasteiger charge is -2.07. The Morgan fingerprint density at radius 2 is 2.09 bits per heavy atom. The van der Waals surface area contributed by atoms with E-state index in [9.17, 15) is 4.79 Å². The fourth-order valence-corrected chi connectivity index (χ4v) is 3.08. The second-order valence-electron chi connectivity index (χ2n) is 4.76. The Balaban J connectivity index is 1.54. The normalized spacial score (nSPS) is 10.8. The number of halogens is 1. The van der Waals surface area contributed by atoms with Crippen molar-refractivity contribution in [2.24, 2.45) is 0 Å². The lowest BCUT2D eigenvalue weighted by atomic mass is 10.2. The number of aromatic nitrogens is 2. The number of benzene rings is 2. The molecule has 6 heteroatoms. The largest absolute Gasteiger partial charge is 0.272 e. The van der Waals surface area contributed by atoms with Crippen molar-refractivity contribution in [3.63, 3.8) is 0 Å². The van der Waals surface area contributed by atoms with Gasteiger partial charge in [-0.15, -0.1) is 11.8 Å². The van der Waals surface area contributed by atoms with Crippen LogP contribution in [0.1, 0.15) is 5.56 Å². The van der Waals surface area contributed by atoms with Crippen LogP contribution in [0, 0.1) is 0 Å². The maximum Gasteiger partial charge on any atom is 0.248 e. The Morgan fingerprint density at radius 3 is 2.95 bits per heavy atom. The smallest absolute Gasteiger partial charge is 0.248 e. The van der Waals surface area contributed by atoms with Gasteiger partial charge in [0.1, 0.15) is 6.33 Å². The summed E-state index contributed by atoms with van der Waals surface area (Å²) in [6.45, 7) is 0. The van der Waals surface area contributed by atoms with E-state index in [1.54, 1.807) is 22.8 Å². The fourth-order valence-electron chi connectivity index (χ4n) is 2.10. The molecule has 0 aliphatic heterocycles. The molecule has 3 aromatic rings. The first kappa shape index (κ1) is 14.9. The van der Waals surface area contributed by atoms with Crippen LogP contribution in [0.2, 0.25) is 5.02 Å². The van der Waals surface area contributed by atoms with Crippen LogP contribution in [0.4, 0.5) is 0 Å². The van der Waals surface area contributed by atoms with Crippen LogP contribution < -0.4 is 5.43 Å². The average Bonchev–Trinajstić information content (AvgIpc) is 2.91. The molecule has 0 spiro atoms. The zero-order valence-electron chi connectivity index (χ0n) is 11.7. The number of nitrogens with one attached hydrogen (secondary N) is 1. The first-order valence-electron chi connectivity index (χ1n) is 6.76. The Kier molecular flexibility index (Phi) is 4.65. The van der Waals surface area contributed by atoms with E-state index in [4.69, 9.17) is 11.6 Å². The molecule has 0 aliphatic carbocycles. The summed E-state index contributed by atoms with van der Waals surface area (Å²) >= 11 is 7.48. The molecule has 0 unspecified atom stereocenters. The number of nitrogens with zero attached hydrogens (tertiary/aromatic N) is 2. The summed E-state index contributed by atoms with van der Waals surface area (Å²) in [7, 11) is 0. The molecule has 22 heavy (non-hydrogen) atoms. The van der Waals surface area contributed by atoms with Crippen molar-refractivity contribution in [2.75, 3.05) is 11.2 Å². The van der Waals surface area contributed by atoms with Crippen molar-refractivity contribution in [2.45, 2.75) is 5.75 Å². The number of imidazole rings is 1. The predicted molar refractivity (Wildman–Crippen MR) is 91.7 cm³/mol. The predicted octanol–water partition coefficient (Wildman–Crippen LogP) is 3.69. The van der Waals surface area contributed by atoms with Crippen LogP contribution in [0.3, 0.4) is 0 Å². The number of carbonyl (C=O) groups is 1. The third-order valence-corrected chi connectivity index (χ3v) is 4.33. The minimum atomic E-state index is -0.0600. The summed E-state index contributed by atoms with van der Waals surface area (Å²) < 4.78 is 1.65. The van der Waals surface area contributed by atoms with Gasteiger partial charge in [-0.25, -0.2) is 9.66 Å². The zero-order chi connectivity index (χ0) is 15.4. The fraction of sp³-hybridized carbons (Fsp3) is 0.125. The van der Waals surface area contributed by atoms with Gasteiger partial charge in [0.2, 0.25) is 5.91 Å². The van der Waals surface area contributed by atoms with Crippen LogP contribution in [-0.4, -0.2) is 21.3 Å².